The zero-order valence-electron chi connectivity index (χ0n) is 11.0. The highest BCUT2D eigenvalue weighted by Crippen LogP contribution is 2.35. The van der Waals surface area contributed by atoms with Crippen LogP contribution < -0.4 is 10.5 Å². The second kappa shape index (κ2) is 5.23. The maximum Gasteiger partial charge on any atom is 0.124 e. The largest absolute Gasteiger partial charge is 0.496 e. The number of rotatable bonds is 3. The zero-order valence-corrected chi connectivity index (χ0v) is 11.8. The maximum atomic E-state index is 13.5. The van der Waals surface area contributed by atoms with Gasteiger partial charge in [-0.3, -0.25) is 0 Å². The Bertz CT molecular complexity index is 720. The number of fused-ring (bicyclic) bond motifs is 1. The molecule has 102 valence electrons. The van der Waals surface area contributed by atoms with Crippen molar-refractivity contribution in [1.82, 2.24) is 0 Å². The van der Waals surface area contributed by atoms with Crippen molar-refractivity contribution in [3.8, 4) is 5.75 Å². The summed E-state index contributed by atoms with van der Waals surface area (Å²) >= 11 is 1.62. The van der Waals surface area contributed by atoms with E-state index in [2.05, 4.69) is 12.1 Å². The van der Waals surface area contributed by atoms with Gasteiger partial charge in [-0.15, -0.1) is 11.3 Å². The van der Waals surface area contributed by atoms with Gasteiger partial charge in [-0.05, 0) is 35.7 Å². The predicted molar refractivity (Wildman–Crippen MR) is 80.8 cm³/mol. The SMILES string of the molecule is COc1ccc(F)cc1C(N)c1cc2ccccc2s1. The number of halogens is 1. The molecule has 0 spiro atoms. The number of methoxy groups -OCH3 is 1. The molecule has 0 bridgehead atoms. The van der Waals surface area contributed by atoms with Crippen LogP contribution in [0.3, 0.4) is 0 Å². The van der Waals surface area contributed by atoms with Crippen LogP contribution >= 0.6 is 11.3 Å². The highest BCUT2D eigenvalue weighted by molar-refractivity contribution is 7.19. The minimum Gasteiger partial charge on any atom is -0.496 e. The Hall–Kier alpha value is -1.91. The van der Waals surface area contributed by atoms with Crippen molar-refractivity contribution in [1.29, 1.82) is 0 Å². The summed E-state index contributed by atoms with van der Waals surface area (Å²) in [6.45, 7) is 0. The summed E-state index contributed by atoms with van der Waals surface area (Å²) in [5.41, 5.74) is 6.95. The Labute approximate surface area is 120 Å². The van der Waals surface area contributed by atoms with Gasteiger partial charge in [0.25, 0.3) is 0 Å². The first-order chi connectivity index (χ1) is 9.69. The molecule has 0 saturated heterocycles. The summed E-state index contributed by atoms with van der Waals surface area (Å²) in [5, 5.41) is 1.15. The molecule has 3 rings (SSSR count). The number of thiophene rings is 1. The van der Waals surface area contributed by atoms with Gasteiger partial charge in [-0.1, -0.05) is 18.2 Å². The molecule has 0 aliphatic carbocycles. The van der Waals surface area contributed by atoms with Gasteiger partial charge < -0.3 is 10.5 Å². The molecule has 20 heavy (non-hydrogen) atoms. The second-order valence-corrected chi connectivity index (χ2v) is 5.67. The van der Waals surface area contributed by atoms with Crippen LogP contribution in [-0.2, 0) is 0 Å². The van der Waals surface area contributed by atoms with E-state index in [0.29, 0.717) is 11.3 Å². The Morgan fingerprint density at radius 1 is 1.15 bits per heavy atom. The Morgan fingerprint density at radius 3 is 2.70 bits per heavy atom. The molecule has 1 heterocycles. The second-order valence-electron chi connectivity index (χ2n) is 4.55. The summed E-state index contributed by atoms with van der Waals surface area (Å²) in [6.07, 6.45) is 0. The van der Waals surface area contributed by atoms with Gasteiger partial charge in [0.15, 0.2) is 0 Å². The molecule has 0 amide bonds. The standard InChI is InChI=1S/C16H14FNOS/c1-19-13-7-6-11(17)9-12(13)16(18)15-8-10-4-2-3-5-14(10)20-15/h2-9,16H,18H2,1H3. The smallest absolute Gasteiger partial charge is 0.124 e. The number of nitrogens with two attached hydrogens (primary N) is 1. The fourth-order valence-corrected chi connectivity index (χ4v) is 3.34. The lowest BCUT2D eigenvalue weighted by Gasteiger charge is -2.14. The minimum atomic E-state index is -0.391. The van der Waals surface area contributed by atoms with Crippen molar-refractivity contribution in [3.63, 3.8) is 0 Å². The molecular formula is C16H14FNOS. The molecular weight excluding hydrogens is 273 g/mol. The van der Waals surface area contributed by atoms with Crippen molar-refractivity contribution in [2.24, 2.45) is 5.73 Å². The number of hydrogen-bond acceptors (Lipinski definition) is 3. The normalized spacial score (nSPS) is 12.6. The molecule has 1 unspecified atom stereocenters. The van der Waals surface area contributed by atoms with Crippen molar-refractivity contribution in [2.75, 3.05) is 7.11 Å². The minimum absolute atomic E-state index is 0.308. The first-order valence-electron chi connectivity index (χ1n) is 6.26. The molecule has 0 aliphatic rings. The van der Waals surface area contributed by atoms with E-state index < -0.39 is 6.04 Å². The summed E-state index contributed by atoms with van der Waals surface area (Å²) in [5.74, 6) is 0.300. The molecule has 1 aromatic heterocycles. The monoisotopic (exact) mass is 287 g/mol. The van der Waals surface area contributed by atoms with Crippen LogP contribution in [0.4, 0.5) is 4.39 Å². The number of hydrogen-bond donors (Lipinski definition) is 1. The van der Waals surface area contributed by atoms with Gasteiger partial charge in [-0.2, -0.15) is 0 Å². The molecule has 0 aliphatic heterocycles. The van der Waals surface area contributed by atoms with E-state index >= 15 is 0 Å². The van der Waals surface area contributed by atoms with Gasteiger partial charge in [0, 0.05) is 15.1 Å². The molecule has 2 aromatic carbocycles. The average molecular weight is 287 g/mol. The van der Waals surface area contributed by atoms with Crippen LogP contribution in [0.15, 0.2) is 48.5 Å². The Kier molecular flexibility index (Phi) is 3.42. The molecule has 4 heteroatoms. The third kappa shape index (κ3) is 2.28. The lowest BCUT2D eigenvalue weighted by atomic mass is 10.0. The molecule has 0 fully saturated rings. The fraction of sp³-hybridized carbons (Fsp3) is 0.125. The molecule has 0 saturated carbocycles. The first-order valence-corrected chi connectivity index (χ1v) is 7.08. The van der Waals surface area contributed by atoms with Crippen LogP contribution in [0.2, 0.25) is 0 Å². The molecule has 2 N–H and O–H groups in total. The van der Waals surface area contributed by atoms with E-state index in [-0.39, 0.29) is 5.82 Å². The summed E-state index contributed by atoms with van der Waals surface area (Å²) in [6, 6.07) is 14.2. The van der Waals surface area contributed by atoms with Gasteiger partial charge in [-0.25, -0.2) is 4.39 Å². The summed E-state index contributed by atoms with van der Waals surface area (Å²) in [7, 11) is 1.56. The van der Waals surface area contributed by atoms with Crippen LogP contribution in [-0.4, -0.2) is 7.11 Å². The fourth-order valence-electron chi connectivity index (χ4n) is 2.26. The van der Waals surface area contributed by atoms with E-state index in [0.717, 1.165) is 10.3 Å². The van der Waals surface area contributed by atoms with Crippen LogP contribution in [0, 0.1) is 5.82 Å². The molecule has 2 nitrogen and oxygen atoms in total. The molecule has 3 aromatic rings. The van der Waals surface area contributed by atoms with Crippen molar-refractivity contribution < 1.29 is 9.13 Å². The lowest BCUT2D eigenvalue weighted by Crippen LogP contribution is -2.12. The van der Waals surface area contributed by atoms with E-state index in [1.54, 1.807) is 24.5 Å². The number of benzene rings is 2. The van der Waals surface area contributed by atoms with Crippen molar-refractivity contribution in [3.05, 3.63) is 64.8 Å². The zero-order chi connectivity index (χ0) is 14.1. The molecule has 1 atom stereocenters. The first kappa shape index (κ1) is 13.1. The van der Waals surface area contributed by atoms with Crippen molar-refractivity contribution >= 4 is 21.4 Å². The predicted octanol–water partition coefficient (Wildman–Crippen LogP) is 4.10. The maximum absolute atomic E-state index is 13.5. The highest BCUT2D eigenvalue weighted by atomic mass is 32.1. The van der Waals surface area contributed by atoms with Gasteiger partial charge >= 0.3 is 0 Å². The van der Waals surface area contributed by atoms with Crippen LogP contribution in [0.25, 0.3) is 10.1 Å². The number of ether oxygens (including phenoxy) is 1. The van der Waals surface area contributed by atoms with E-state index in [1.807, 2.05) is 18.2 Å². The Morgan fingerprint density at radius 2 is 1.95 bits per heavy atom. The lowest BCUT2D eigenvalue weighted by molar-refractivity contribution is 0.406. The summed E-state index contributed by atoms with van der Waals surface area (Å²) < 4.78 is 19.9. The van der Waals surface area contributed by atoms with Gasteiger partial charge in [0.1, 0.15) is 11.6 Å². The summed E-state index contributed by atoms with van der Waals surface area (Å²) in [4.78, 5) is 0.995. The van der Waals surface area contributed by atoms with E-state index in [4.69, 9.17) is 10.5 Å². The van der Waals surface area contributed by atoms with Crippen LogP contribution in [0.1, 0.15) is 16.5 Å². The van der Waals surface area contributed by atoms with E-state index in [9.17, 15) is 4.39 Å². The highest BCUT2D eigenvalue weighted by Gasteiger charge is 2.17. The van der Waals surface area contributed by atoms with Crippen LogP contribution in [0.5, 0.6) is 5.75 Å². The van der Waals surface area contributed by atoms with Gasteiger partial charge in [0.05, 0.1) is 13.2 Å². The van der Waals surface area contributed by atoms with Crippen molar-refractivity contribution in [2.45, 2.75) is 6.04 Å². The third-order valence-electron chi connectivity index (χ3n) is 3.28. The topological polar surface area (TPSA) is 35.2 Å². The van der Waals surface area contributed by atoms with E-state index in [1.165, 1.54) is 16.8 Å². The quantitative estimate of drug-likeness (QED) is 0.787. The third-order valence-corrected chi connectivity index (χ3v) is 4.48. The van der Waals surface area contributed by atoms with Gasteiger partial charge in [0.2, 0.25) is 0 Å². The Balaban J connectivity index is 2.07. The molecule has 0 radical (unpaired) electrons. The average Bonchev–Trinajstić information content (AvgIpc) is 2.90.